The summed E-state index contributed by atoms with van der Waals surface area (Å²) in [5, 5.41) is 0. The smallest absolute Gasteiger partial charge is 0.0844 e. The van der Waals surface area contributed by atoms with Crippen molar-refractivity contribution in [3.8, 4) is 0 Å². The molecule has 4 saturated heterocycles. The van der Waals surface area contributed by atoms with E-state index in [0.717, 1.165) is 36.2 Å². The molecule has 4 aliphatic heterocycles. The molecule has 3 heteroatoms. The van der Waals surface area contributed by atoms with Crippen LogP contribution in [0.2, 0.25) is 0 Å². The predicted octanol–water partition coefficient (Wildman–Crippen LogP) is 3.55. The summed E-state index contributed by atoms with van der Waals surface area (Å²) >= 11 is 0. The second-order valence-electron chi connectivity index (χ2n) is 9.34. The van der Waals surface area contributed by atoms with Gasteiger partial charge < -0.3 is 14.2 Å². The van der Waals surface area contributed by atoms with Crippen LogP contribution in [0.4, 0.5) is 0 Å². The van der Waals surface area contributed by atoms with E-state index in [-0.39, 0.29) is 0 Å². The Morgan fingerprint density at radius 1 is 0.478 bits per heavy atom. The second kappa shape index (κ2) is 5.19. The molecule has 0 radical (unpaired) electrons. The summed E-state index contributed by atoms with van der Waals surface area (Å²) < 4.78 is 18.8. The van der Waals surface area contributed by atoms with Gasteiger partial charge in [0.1, 0.15) is 0 Å². The van der Waals surface area contributed by atoms with Crippen LogP contribution >= 0.6 is 0 Å². The number of hydrogen-bond acceptors (Lipinski definition) is 3. The van der Waals surface area contributed by atoms with E-state index < -0.39 is 0 Å². The molecule has 0 amide bonds. The standard InChI is InChI=1S/C20H30O3/c1-4-16(23-17-8-11(1)17)18-10-14-7-12(2-3-15(14)22-18)20-13-5-6-21-19(20)9-13/h11-20H,1-10H2. The predicted molar refractivity (Wildman–Crippen MR) is 86.1 cm³/mol. The minimum Gasteiger partial charge on any atom is -0.378 e. The highest BCUT2D eigenvalue weighted by molar-refractivity contribution is 5.02. The molecule has 128 valence electrons. The Morgan fingerprint density at radius 2 is 1.22 bits per heavy atom. The molecule has 0 spiro atoms. The first-order valence-electron chi connectivity index (χ1n) is 10.3. The lowest BCUT2D eigenvalue weighted by atomic mass is 9.58. The molecule has 0 aromatic heterocycles. The third-order valence-corrected chi connectivity index (χ3v) is 8.16. The Labute approximate surface area is 139 Å². The first-order valence-corrected chi connectivity index (χ1v) is 10.3. The van der Waals surface area contributed by atoms with E-state index in [1.54, 1.807) is 0 Å². The van der Waals surface area contributed by atoms with E-state index in [1.807, 2.05) is 0 Å². The van der Waals surface area contributed by atoms with Gasteiger partial charge in [0, 0.05) is 6.61 Å². The lowest BCUT2D eigenvalue weighted by molar-refractivity contribution is -0.171. The van der Waals surface area contributed by atoms with E-state index in [4.69, 9.17) is 14.2 Å². The number of fused-ring (bicyclic) bond motifs is 4. The van der Waals surface area contributed by atoms with Crippen molar-refractivity contribution in [2.24, 2.45) is 29.6 Å². The molecule has 23 heavy (non-hydrogen) atoms. The van der Waals surface area contributed by atoms with E-state index in [9.17, 15) is 0 Å². The third-order valence-electron chi connectivity index (χ3n) is 8.16. The zero-order chi connectivity index (χ0) is 15.0. The van der Waals surface area contributed by atoms with Gasteiger partial charge in [-0.15, -0.1) is 0 Å². The van der Waals surface area contributed by atoms with Gasteiger partial charge in [0.15, 0.2) is 0 Å². The number of ether oxygens (including phenoxy) is 3. The maximum Gasteiger partial charge on any atom is 0.0844 e. The van der Waals surface area contributed by atoms with E-state index in [2.05, 4.69) is 0 Å². The molecule has 10 unspecified atom stereocenters. The minimum absolute atomic E-state index is 0.405. The van der Waals surface area contributed by atoms with Gasteiger partial charge in [0.05, 0.1) is 30.5 Å². The average Bonchev–Trinajstić information content (AvgIpc) is 3.24. The lowest BCUT2D eigenvalue weighted by Crippen LogP contribution is -2.53. The molecule has 3 saturated carbocycles. The van der Waals surface area contributed by atoms with Crippen molar-refractivity contribution in [3.63, 3.8) is 0 Å². The van der Waals surface area contributed by atoms with Gasteiger partial charge in [0.25, 0.3) is 0 Å². The van der Waals surface area contributed by atoms with Crippen LogP contribution in [-0.4, -0.2) is 37.1 Å². The van der Waals surface area contributed by atoms with Gasteiger partial charge in [-0.25, -0.2) is 0 Å². The summed E-state index contributed by atoms with van der Waals surface area (Å²) in [7, 11) is 0. The molecular formula is C20H30O3. The molecule has 0 N–H and O–H groups in total. The van der Waals surface area contributed by atoms with E-state index in [1.165, 1.54) is 57.8 Å². The van der Waals surface area contributed by atoms with Crippen LogP contribution in [0.5, 0.6) is 0 Å². The van der Waals surface area contributed by atoms with Crippen LogP contribution in [0.15, 0.2) is 0 Å². The highest BCUT2D eigenvalue weighted by Gasteiger charge is 2.53. The third kappa shape index (κ3) is 2.26. The number of hydrogen-bond donors (Lipinski definition) is 0. The summed E-state index contributed by atoms with van der Waals surface area (Å²) in [5.41, 5.74) is 0. The van der Waals surface area contributed by atoms with Gasteiger partial charge in [-0.3, -0.25) is 0 Å². The molecular weight excluding hydrogens is 288 g/mol. The molecule has 0 aromatic rings. The van der Waals surface area contributed by atoms with Gasteiger partial charge >= 0.3 is 0 Å². The van der Waals surface area contributed by atoms with Crippen LogP contribution < -0.4 is 0 Å². The maximum atomic E-state index is 6.49. The van der Waals surface area contributed by atoms with E-state index >= 15 is 0 Å². The lowest BCUT2D eigenvalue weighted by Gasteiger charge is -2.54. The molecule has 7 aliphatic rings. The summed E-state index contributed by atoms with van der Waals surface area (Å²) in [5.74, 6) is 4.50. The normalized spacial score (nSPS) is 60.5. The SMILES string of the molecule is C1CC2CC(O1)C2C1CCC2OC(C3CCC4CC4O3)CC2C1. The van der Waals surface area contributed by atoms with Crippen molar-refractivity contribution in [2.75, 3.05) is 6.61 Å². The molecule has 2 bridgehead atoms. The Kier molecular flexibility index (Phi) is 3.18. The maximum absolute atomic E-state index is 6.49. The highest BCUT2D eigenvalue weighted by atomic mass is 16.6. The molecule has 3 nitrogen and oxygen atoms in total. The van der Waals surface area contributed by atoms with Crippen molar-refractivity contribution in [1.29, 1.82) is 0 Å². The minimum atomic E-state index is 0.405. The monoisotopic (exact) mass is 318 g/mol. The van der Waals surface area contributed by atoms with Crippen LogP contribution in [0.25, 0.3) is 0 Å². The van der Waals surface area contributed by atoms with Crippen molar-refractivity contribution < 1.29 is 14.2 Å². The summed E-state index contributed by atoms with van der Waals surface area (Å²) in [6, 6.07) is 0. The Morgan fingerprint density at radius 3 is 2.04 bits per heavy atom. The largest absolute Gasteiger partial charge is 0.378 e. The summed E-state index contributed by atoms with van der Waals surface area (Å²) in [6.45, 7) is 1.02. The van der Waals surface area contributed by atoms with Crippen LogP contribution in [0.3, 0.4) is 0 Å². The fourth-order valence-electron chi connectivity index (χ4n) is 6.77. The zero-order valence-electron chi connectivity index (χ0n) is 14.1. The Hall–Kier alpha value is -0.120. The second-order valence-corrected chi connectivity index (χ2v) is 9.34. The first kappa shape index (κ1) is 14.1. The fraction of sp³-hybridized carbons (Fsp3) is 1.00. The molecule has 7 fully saturated rings. The van der Waals surface area contributed by atoms with Gasteiger partial charge in [-0.2, -0.15) is 0 Å². The van der Waals surface area contributed by atoms with Crippen LogP contribution in [0, 0.1) is 29.6 Å². The molecule has 7 rings (SSSR count). The van der Waals surface area contributed by atoms with Crippen molar-refractivity contribution >= 4 is 0 Å². The number of rotatable bonds is 2. The van der Waals surface area contributed by atoms with Gasteiger partial charge in [-0.1, -0.05) is 0 Å². The summed E-state index contributed by atoms with van der Waals surface area (Å²) in [6.07, 6.45) is 14.5. The first-order chi connectivity index (χ1) is 11.3. The van der Waals surface area contributed by atoms with Gasteiger partial charge in [0.2, 0.25) is 0 Å². The molecule has 0 aromatic carbocycles. The highest BCUT2D eigenvalue weighted by Crippen LogP contribution is 2.54. The van der Waals surface area contributed by atoms with Gasteiger partial charge in [-0.05, 0) is 87.4 Å². The average molecular weight is 318 g/mol. The van der Waals surface area contributed by atoms with E-state index in [0.29, 0.717) is 30.5 Å². The topological polar surface area (TPSA) is 27.7 Å². The quantitative estimate of drug-likeness (QED) is 0.779. The Bertz CT molecular complexity index is 466. The zero-order valence-corrected chi connectivity index (χ0v) is 14.1. The molecule has 4 heterocycles. The molecule has 10 atom stereocenters. The molecule has 3 aliphatic carbocycles. The Balaban J connectivity index is 1.10. The fourth-order valence-corrected chi connectivity index (χ4v) is 6.77. The van der Waals surface area contributed by atoms with Crippen molar-refractivity contribution in [1.82, 2.24) is 0 Å². The van der Waals surface area contributed by atoms with Crippen molar-refractivity contribution in [2.45, 2.75) is 88.3 Å². The summed E-state index contributed by atoms with van der Waals surface area (Å²) in [4.78, 5) is 0. The van der Waals surface area contributed by atoms with Crippen molar-refractivity contribution in [3.05, 3.63) is 0 Å². The van der Waals surface area contributed by atoms with Crippen LogP contribution in [0.1, 0.15) is 57.8 Å². The van der Waals surface area contributed by atoms with Crippen LogP contribution in [-0.2, 0) is 14.2 Å².